The van der Waals surface area contributed by atoms with E-state index in [-0.39, 0.29) is 17.6 Å². The number of nitro benzene ring substituents is 1. The summed E-state index contributed by atoms with van der Waals surface area (Å²) in [5.74, 6) is -0.602. The molecule has 1 saturated heterocycles. The monoisotopic (exact) mass is 363 g/mol. The van der Waals surface area contributed by atoms with Crippen molar-refractivity contribution in [3.05, 3.63) is 33.9 Å². The van der Waals surface area contributed by atoms with Crippen molar-refractivity contribution in [3.8, 4) is 0 Å². The molecule has 1 fully saturated rings. The lowest BCUT2D eigenvalue weighted by molar-refractivity contribution is -0.384. The van der Waals surface area contributed by atoms with E-state index in [0.717, 1.165) is 38.0 Å². The highest BCUT2D eigenvalue weighted by Crippen LogP contribution is 2.28. The summed E-state index contributed by atoms with van der Waals surface area (Å²) in [4.78, 5) is 36.3. The average molecular weight is 363 g/mol. The van der Waals surface area contributed by atoms with Gasteiger partial charge in [-0.2, -0.15) is 0 Å². The van der Waals surface area contributed by atoms with Gasteiger partial charge in [-0.3, -0.25) is 19.7 Å². The van der Waals surface area contributed by atoms with Crippen molar-refractivity contribution >= 4 is 23.3 Å². The first-order valence-corrected chi connectivity index (χ1v) is 8.91. The molecule has 1 aliphatic heterocycles. The van der Waals surface area contributed by atoms with E-state index >= 15 is 0 Å². The van der Waals surface area contributed by atoms with Crippen molar-refractivity contribution in [2.24, 2.45) is 0 Å². The Morgan fingerprint density at radius 2 is 1.96 bits per heavy atom. The van der Waals surface area contributed by atoms with E-state index in [0.29, 0.717) is 31.4 Å². The fourth-order valence-electron chi connectivity index (χ4n) is 3.02. The lowest BCUT2D eigenvalue weighted by Gasteiger charge is -2.30. The lowest BCUT2D eigenvalue weighted by atomic mass is 10.1. The van der Waals surface area contributed by atoms with Crippen LogP contribution in [0.4, 0.5) is 11.4 Å². The second-order valence-corrected chi connectivity index (χ2v) is 6.30. The molecule has 0 aliphatic carbocycles. The van der Waals surface area contributed by atoms with Crippen LogP contribution < -0.4 is 10.2 Å². The fourth-order valence-corrected chi connectivity index (χ4v) is 3.02. The molecule has 1 aromatic carbocycles. The van der Waals surface area contributed by atoms with Gasteiger partial charge in [-0.25, -0.2) is 0 Å². The number of nitrogens with zero attached hydrogens (tertiary/aromatic N) is 2. The Labute approximate surface area is 152 Å². The van der Waals surface area contributed by atoms with Gasteiger partial charge in [0.1, 0.15) is 0 Å². The predicted octanol–water partition coefficient (Wildman–Crippen LogP) is 2.66. The van der Waals surface area contributed by atoms with Crippen LogP contribution in [0, 0.1) is 10.1 Å². The molecule has 2 rings (SSSR count). The lowest BCUT2D eigenvalue weighted by Crippen LogP contribution is -2.33. The van der Waals surface area contributed by atoms with Gasteiger partial charge in [0.25, 0.3) is 11.6 Å². The highest BCUT2D eigenvalue weighted by molar-refractivity contribution is 6.00. The highest BCUT2D eigenvalue weighted by atomic mass is 16.6. The third kappa shape index (κ3) is 5.44. The van der Waals surface area contributed by atoms with Crippen LogP contribution in [0.25, 0.3) is 0 Å². The first-order chi connectivity index (χ1) is 12.5. The zero-order chi connectivity index (χ0) is 18.9. The molecule has 1 aromatic rings. The number of benzene rings is 1. The molecule has 1 heterocycles. The van der Waals surface area contributed by atoms with E-state index in [1.165, 1.54) is 19.2 Å². The summed E-state index contributed by atoms with van der Waals surface area (Å²) in [7, 11) is 1.34. The van der Waals surface area contributed by atoms with Gasteiger partial charge in [0, 0.05) is 38.2 Å². The number of hydrogen-bond donors (Lipinski definition) is 1. The number of unbranched alkanes of at least 4 members (excludes halogenated alkanes) is 1. The van der Waals surface area contributed by atoms with Gasteiger partial charge < -0.3 is 15.0 Å². The van der Waals surface area contributed by atoms with Crippen LogP contribution in [0.2, 0.25) is 0 Å². The zero-order valence-electron chi connectivity index (χ0n) is 15.0. The SMILES string of the molecule is COC(=O)CCCCNC(=O)c1cc([N+](=O)[O-])ccc1N1CCCCC1. The van der Waals surface area contributed by atoms with Crippen molar-refractivity contribution in [2.45, 2.75) is 38.5 Å². The highest BCUT2D eigenvalue weighted by Gasteiger charge is 2.21. The summed E-state index contributed by atoms with van der Waals surface area (Å²) in [6.45, 7) is 2.09. The quantitative estimate of drug-likeness (QED) is 0.330. The van der Waals surface area contributed by atoms with Crippen LogP contribution in [-0.4, -0.2) is 43.5 Å². The Morgan fingerprint density at radius 1 is 1.23 bits per heavy atom. The third-order valence-electron chi connectivity index (χ3n) is 4.45. The Hall–Kier alpha value is -2.64. The number of carbonyl (C=O) groups excluding carboxylic acids is 2. The van der Waals surface area contributed by atoms with Crippen molar-refractivity contribution < 1.29 is 19.2 Å². The Kier molecular flexibility index (Phi) is 7.37. The van der Waals surface area contributed by atoms with E-state index in [1.54, 1.807) is 6.07 Å². The molecule has 26 heavy (non-hydrogen) atoms. The fraction of sp³-hybridized carbons (Fsp3) is 0.556. The van der Waals surface area contributed by atoms with Gasteiger partial charge in [0.2, 0.25) is 0 Å². The second-order valence-electron chi connectivity index (χ2n) is 6.30. The number of carbonyl (C=O) groups is 2. The molecular formula is C18H25N3O5. The van der Waals surface area contributed by atoms with Crippen LogP contribution >= 0.6 is 0 Å². The molecule has 8 nitrogen and oxygen atoms in total. The molecule has 0 unspecified atom stereocenters. The number of hydrogen-bond acceptors (Lipinski definition) is 6. The number of methoxy groups -OCH3 is 1. The molecule has 8 heteroatoms. The van der Waals surface area contributed by atoms with Crippen molar-refractivity contribution in [1.29, 1.82) is 0 Å². The van der Waals surface area contributed by atoms with Crippen molar-refractivity contribution in [2.75, 3.05) is 31.6 Å². The van der Waals surface area contributed by atoms with E-state index in [1.807, 2.05) is 0 Å². The van der Waals surface area contributed by atoms with E-state index in [4.69, 9.17) is 0 Å². The largest absolute Gasteiger partial charge is 0.469 e. The minimum atomic E-state index is -0.493. The third-order valence-corrected chi connectivity index (χ3v) is 4.45. The number of nitro groups is 1. The summed E-state index contributed by atoms with van der Waals surface area (Å²) < 4.78 is 4.57. The summed E-state index contributed by atoms with van der Waals surface area (Å²) >= 11 is 0. The Morgan fingerprint density at radius 3 is 2.62 bits per heavy atom. The maximum Gasteiger partial charge on any atom is 0.305 e. The van der Waals surface area contributed by atoms with Crippen LogP contribution in [-0.2, 0) is 9.53 Å². The van der Waals surface area contributed by atoms with Gasteiger partial charge in [-0.15, -0.1) is 0 Å². The van der Waals surface area contributed by atoms with E-state index in [9.17, 15) is 19.7 Å². The summed E-state index contributed by atoms with van der Waals surface area (Å²) in [5, 5.41) is 13.9. The van der Waals surface area contributed by atoms with Gasteiger partial charge in [-0.05, 0) is 38.2 Å². The van der Waals surface area contributed by atoms with Crippen molar-refractivity contribution in [3.63, 3.8) is 0 Å². The maximum atomic E-state index is 12.6. The number of piperidine rings is 1. The first-order valence-electron chi connectivity index (χ1n) is 8.91. The number of nitrogens with one attached hydrogen (secondary N) is 1. The number of non-ortho nitro benzene ring substituents is 1. The molecule has 0 aromatic heterocycles. The van der Waals surface area contributed by atoms with Gasteiger partial charge >= 0.3 is 5.97 Å². The first kappa shape index (κ1) is 19.7. The van der Waals surface area contributed by atoms with E-state index < -0.39 is 4.92 Å². The summed E-state index contributed by atoms with van der Waals surface area (Å²) in [6, 6.07) is 4.44. The van der Waals surface area contributed by atoms with Gasteiger partial charge in [0.15, 0.2) is 0 Å². The topological polar surface area (TPSA) is 102 Å². The molecule has 0 spiro atoms. The van der Waals surface area contributed by atoms with Crippen molar-refractivity contribution in [1.82, 2.24) is 5.32 Å². The minimum absolute atomic E-state index is 0.0957. The molecule has 1 N–H and O–H groups in total. The maximum absolute atomic E-state index is 12.6. The molecule has 0 bridgehead atoms. The van der Waals surface area contributed by atoms with Crippen LogP contribution in [0.15, 0.2) is 18.2 Å². The molecular weight excluding hydrogens is 338 g/mol. The normalized spacial score (nSPS) is 14.0. The predicted molar refractivity (Wildman–Crippen MR) is 97.4 cm³/mol. The van der Waals surface area contributed by atoms with Gasteiger partial charge in [0.05, 0.1) is 23.3 Å². The molecule has 1 aliphatic rings. The Bertz CT molecular complexity index is 656. The number of anilines is 1. The number of ether oxygens (including phenoxy) is 1. The standard InChI is InChI=1S/C18H25N3O5/c1-26-17(22)7-3-4-10-19-18(23)15-13-14(21(24)25)8-9-16(15)20-11-5-2-6-12-20/h8-9,13H,2-7,10-12H2,1H3,(H,19,23). The second kappa shape index (κ2) is 9.74. The van der Waals surface area contributed by atoms with E-state index in [2.05, 4.69) is 15.0 Å². The van der Waals surface area contributed by atoms with Crippen LogP contribution in [0.1, 0.15) is 48.9 Å². The van der Waals surface area contributed by atoms with Gasteiger partial charge in [-0.1, -0.05) is 0 Å². The number of amides is 1. The molecule has 0 atom stereocenters. The molecule has 0 radical (unpaired) electrons. The minimum Gasteiger partial charge on any atom is -0.469 e. The number of esters is 1. The molecule has 1 amide bonds. The zero-order valence-corrected chi connectivity index (χ0v) is 15.0. The molecule has 0 saturated carbocycles. The summed E-state index contributed by atoms with van der Waals surface area (Å²) in [6.07, 6.45) is 4.81. The number of rotatable bonds is 8. The average Bonchev–Trinajstić information content (AvgIpc) is 2.67. The molecule has 142 valence electrons. The van der Waals surface area contributed by atoms with Crippen LogP contribution in [0.5, 0.6) is 0 Å². The Balaban J connectivity index is 2.04. The smallest absolute Gasteiger partial charge is 0.305 e. The summed E-state index contributed by atoms with van der Waals surface area (Å²) in [5.41, 5.74) is 0.970. The van der Waals surface area contributed by atoms with Crippen LogP contribution in [0.3, 0.4) is 0 Å².